The number of furan rings is 1. The van der Waals surface area contributed by atoms with Crippen LogP contribution in [-0.4, -0.2) is 38.9 Å². The van der Waals surface area contributed by atoms with Crippen molar-refractivity contribution in [1.29, 1.82) is 0 Å². The molecule has 0 saturated carbocycles. The SMILES string of the molecule is Nc1oc2c(-c3ccnc(C(=O)NCCCC(O)O)c3)nccc2c1Nc1ccc(F)c(Cl)c1. The molecule has 0 saturated heterocycles. The molecule has 4 aromatic rings. The van der Waals surface area contributed by atoms with E-state index in [1.54, 1.807) is 24.4 Å². The molecule has 9 nitrogen and oxygen atoms in total. The van der Waals surface area contributed by atoms with Crippen molar-refractivity contribution in [2.45, 2.75) is 19.1 Å². The molecule has 0 spiro atoms. The largest absolute Gasteiger partial charge is 0.436 e. The number of nitrogen functional groups attached to an aromatic ring is 1. The fraction of sp³-hybridized carbons (Fsp3) is 0.174. The summed E-state index contributed by atoms with van der Waals surface area (Å²) in [7, 11) is 0. The zero-order valence-electron chi connectivity index (χ0n) is 17.8. The number of halogens is 2. The maximum absolute atomic E-state index is 13.5. The number of carbonyl (C=O) groups is 1. The maximum atomic E-state index is 13.5. The zero-order chi connectivity index (χ0) is 24.2. The fourth-order valence-electron chi connectivity index (χ4n) is 3.37. The number of aromatic nitrogens is 2. The van der Waals surface area contributed by atoms with Crippen LogP contribution in [0, 0.1) is 5.82 Å². The van der Waals surface area contributed by atoms with Gasteiger partial charge in [-0.1, -0.05) is 11.6 Å². The van der Waals surface area contributed by atoms with E-state index >= 15 is 0 Å². The van der Waals surface area contributed by atoms with Crippen LogP contribution in [0.2, 0.25) is 5.02 Å². The molecule has 0 unspecified atom stereocenters. The zero-order valence-corrected chi connectivity index (χ0v) is 18.5. The van der Waals surface area contributed by atoms with E-state index in [4.69, 9.17) is 32.0 Å². The summed E-state index contributed by atoms with van der Waals surface area (Å²) in [5.74, 6) is -0.842. The quantitative estimate of drug-likeness (QED) is 0.187. The molecule has 1 amide bonds. The third-order valence-electron chi connectivity index (χ3n) is 5.01. The lowest BCUT2D eigenvalue weighted by atomic mass is 10.1. The van der Waals surface area contributed by atoms with Crippen LogP contribution in [0.3, 0.4) is 0 Å². The Labute approximate surface area is 198 Å². The molecule has 3 aromatic heterocycles. The van der Waals surface area contributed by atoms with Crippen molar-refractivity contribution in [2.24, 2.45) is 0 Å². The number of anilines is 3. The molecule has 11 heteroatoms. The van der Waals surface area contributed by atoms with Gasteiger partial charge in [-0.15, -0.1) is 0 Å². The Morgan fingerprint density at radius 1 is 1.18 bits per heavy atom. The Morgan fingerprint density at radius 2 is 1.97 bits per heavy atom. The van der Waals surface area contributed by atoms with Gasteiger partial charge in [0.05, 0.1) is 10.4 Å². The highest BCUT2D eigenvalue weighted by molar-refractivity contribution is 6.31. The molecular formula is C23H21ClFN5O4. The van der Waals surface area contributed by atoms with E-state index in [1.807, 2.05) is 0 Å². The predicted octanol–water partition coefficient (Wildman–Crippen LogP) is 3.83. The molecule has 0 fully saturated rings. The number of rotatable bonds is 8. The summed E-state index contributed by atoms with van der Waals surface area (Å²) in [5, 5.41) is 24.2. The van der Waals surface area contributed by atoms with E-state index in [1.165, 1.54) is 24.4 Å². The molecule has 0 aliphatic rings. The first-order valence-electron chi connectivity index (χ1n) is 10.3. The first-order chi connectivity index (χ1) is 16.3. The van der Waals surface area contributed by atoms with Gasteiger partial charge in [0.2, 0.25) is 5.88 Å². The van der Waals surface area contributed by atoms with Gasteiger partial charge in [0, 0.05) is 30.2 Å². The summed E-state index contributed by atoms with van der Waals surface area (Å²) < 4.78 is 19.3. The van der Waals surface area contributed by atoms with E-state index in [2.05, 4.69) is 20.6 Å². The number of nitrogens with one attached hydrogen (secondary N) is 2. The topological polar surface area (TPSA) is 147 Å². The molecule has 0 atom stereocenters. The van der Waals surface area contributed by atoms with Gasteiger partial charge < -0.3 is 31.0 Å². The standard InChI is InChI=1S/C23H21ClFN5O4/c24-15-11-13(3-4-16(15)25)30-20-14-6-9-28-19(21(14)34-22(20)26)12-5-8-27-17(10-12)23(33)29-7-1-2-18(31)32/h3-6,8-11,18,30-32H,1-2,7,26H2,(H,29,33). The van der Waals surface area contributed by atoms with Gasteiger partial charge in [-0.3, -0.25) is 14.8 Å². The first-order valence-corrected chi connectivity index (χ1v) is 10.7. The van der Waals surface area contributed by atoms with Crippen LogP contribution >= 0.6 is 11.6 Å². The number of aliphatic hydroxyl groups excluding tert-OH is 1. The molecule has 176 valence electrons. The lowest BCUT2D eigenvalue weighted by molar-refractivity contribution is -0.0460. The number of amides is 1. The van der Waals surface area contributed by atoms with E-state index in [-0.39, 0.29) is 29.6 Å². The third-order valence-corrected chi connectivity index (χ3v) is 5.30. The second-order valence-electron chi connectivity index (χ2n) is 7.44. The summed E-state index contributed by atoms with van der Waals surface area (Å²) in [6.45, 7) is 0.271. The Morgan fingerprint density at radius 3 is 2.74 bits per heavy atom. The van der Waals surface area contributed by atoms with Crippen molar-refractivity contribution >= 4 is 45.7 Å². The van der Waals surface area contributed by atoms with Crippen LogP contribution in [0.1, 0.15) is 23.3 Å². The monoisotopic (exact) mass is 485 g/mol. The van der Waals surface area contributed by atoms with E-state index in [0.717, 1.165) is 0 Å². The molecule has 4 rings (SSSR count). The van der Waals surface area contributed by atoms with E-state index in [0.29, 0.717) is 40.0 Å². The molecular weight excluding hydrogens is 465 g/mol. The lowest BCUT2D eigenvalue weighted by Gasteiger charge is -2.08. The van der Waals surface area contributed by atoms with Crippen molar-refractivity contribution in [3.05, 3.63) is 65.3 Å². The van der Waals surface area contributed by atoms with Crippen molar-refractivity contribution in [1.82, 2.24) is 15.3 Å². The number of hydrogen-bond donors (Lipinski definition) is 5. The minimum absolute atomic E-state index is 0.0335. The third kappa shape index (κ3) is 5.09. The summed E-state index contributed by atoms with van der Waals surface area (Å²) in [4.78, 5) is 20.9. The Balaban J connectivity index is 1.62. The van der Waals surface area contributed by atoms with Crippen molar-refractivity contribution in [3.63, 3.8) is 0 Å². The van der Waals surface area contributed by atoms with Gasteiger partial charge in [-0.2, -0.15) is 0 Å². The molecule has 34 heavy (non-hydrogen) atoms. The summed E-state index contributed by atoms with van der Waals surface area (Å²) in [6, 6.07) is 9.18. The van der Waals surface area contributed by atoms with Crippen LogP contribution in [0.15, 0.2) is 53.2 Å². The highest BCUT2D eigenvalue weighted by Gasteiger charge is 2.18. The molecule has 6 N–H and O–H groups in total. The van der Waals surface area contributed by atoms with Gasteiger partial charge in [-0.05, 0) is 49.2 Å². The number of pyridine rings is 2. The molecule has 1 aromatic carbocycles. The number of nitrogens with two attached hydrogens (primary N) is 1. The fourth-order valence-corrected chi connectivity index (χ4v) is 3.55. The van der Waals surface area contributed by atoms with Crippen LogP contribution in [-0.2, 0) is 0 Å². The number of carbonyl (C=O) groups excluding carboxylic acids is 1. The van der Waals surface area contributed by atoms with Crippen molar-refractivity contribution in [2.75, 3.05) is 17.6 Å². The Kier molecular flexibility index (Phi) is 6.92. The van der Waals surface area contributed by atoms with Gasteiger partial charge in [0.15, 0.2) is 11.9 Å². The Bertz CT molecular complexity index is 1340. The minimum Gasteiger partial charge on any atom is -0.436 e. The molecule has 3 heterocycles. The van der Waals surface area contributed by atoms with Crippen LogP contribution in [0.25, 0.3) is 22.2 Å². The van der Waals surface area contributed by atoms with Crippen molar-refractivity contribution in [3.8, 4) is 11.3 Å². The second kappa shape index (κ2) is 10.0. The normalized spacial score (nSPS) is 11.2. The highest BCUT2D eigenvalue weighted by Crippen LogP contribution is 2.39. The summed E-state index contributed by atoms with van der Waals surface area (Å²) >= 11 is 5.87. The van der Waals surface area contributed by atoms with Crippen LogP contribution in [0.5, 0.6) is 0 Å². The van der Waals surface area contributed by atoms with Crippen molar-refractivity contribution < 1.29 is 23.8 Å². The number of aliphatic hydroxyl groups is 2. The van der Waals surface area contributed by atoms with E-state index < -0.39 is 18.0 Å². The average Bonchev–Trinajstić information content (AvgIpc) is 3.14. The maximum Gasteiger partial charge on any atom is 0.269 e. The second-order valence-corrected chi connectivity index (χ2v) is 7.85. The number of nitrogens with zero attached hydrogens (tertiary/aromatic N) is 2. The molecule has 0 aliphatic heterocycles. The first kappa shape index (κ1) is 23.4. The smallest absolute Gasteiger partial charge is 0.269 e. The summed E-state index contributed by atoms with van der Waals surface area (Å²) in [5.41, 5.74) is 8.70. The van der Waals surface area contributed by atoms with Gasteiger partial charge in [0.1, 0.15) is 22.9 Å². The average molecular weight is 486 g/mol. The molecule has 0 bridgehead atoms. The minimum atomic E-state index is -1.41. The predicted molar refractivity (Wildman–Crippen MR) is 126 cm³/mol. The lowest BCUT2D eigenvalue weighted by Crippen LogP contribution is -2.26. The van der Waals surface area contributed by atoms with Crippen LogP contribution in [0.4, 0.5) is 21.6 Å². The molecule has 0 radical (unpaired) electrons. The van der Waals surface area contributed by atoms with Gasteiger partial charge in [0.25, 0.3) is 5.91 Å². The van der Waals surface area contributed by atoms with Gasteiger partial charge >= 0.3 is 0 Å². The number of hydrogen-bond acceptors (Lipinski definition) is 8. The number of fused-ring (bicyclic) bond motifs is 1. The molecule has 0 aliphatic carbocycles. The number of benzene rings is 1. The Hall–Kier alpha value is -3.73. The highest BCUT2D eigenvalue weighted by atomic mass is 35.5. The van der Waals surface area contributed by atoms with Crippen LogP contribution < -0.4 is 16.4 Å². The summed E-state index contributed by atoms with van der Waals surface area (Å²) in [6.07, 6.45) is 2.21. The van der Waals surface area contributed by atoms with E-state index in [9.17, 15) is 9.18 Å². The van der Waals surface area contributed by atoms with Gasteiger partial charge in [-0.25, -0.2) is 4.39 Å².